The van der Waals surface area contributed by atoms with Gasteiger partial charge in [0.25, 0.3) is 5.91 Å². The number of hydrogen-bond donors (Lipinski definition) is 0. The molecule has 0 aliphatic carbocycles. The molecule has 0 saturated carbocycles. The molecule has 1 amide bonds. The molecule has 5 heteroatoms. The van der Waals surface area contributed by atoms with Crippen molar-refractivity contribution < 1.29 is 9.53 Å². The van der Waals surface area contributed by atoms with Crippen molar-refractivity contribution in [3.63, 3.8) is 0 Å². The molecule has 0 aromatic heterocycles. The highest BCUT2D eigenvalue weighted by molar-refractivity contribution is 6.30. The van der Waals surface area contributed by atoms with Crippen molar-refractivity contribution in [2.24, 2.45) is 0 Å². The summed E-state index contributed by atoms with van der Waals surface area (Å²) < 4.78 is 6.11. The number of piperazine rings is 1. The largest absolute Gasteiger partial charge is 0.480 e. The average molecular weight is 401 g/mol. The van der Waals surface area contributed by atoms with Gasteiger partial charge in [-0.05, 0) is 62.1 Å². The van der Waals surface area contributed by atoms with E-state index in [4.69, 9.17) is 16.3 Å². The van der Waals surface area contributed by atoms with E-state index in [2.05, 4.69) is 24.8 Å². The second-order valence-corrected chi connectivity index (χ2v) is 7.89. The van der Waals surface area contributed by atoms with Crippen molar-refractivity contribution in [3.8, 4) is 5.75 Å². The number of carbonyl (C=O) groups is 1. The molecule has 1 fully saturated rings. The molecule has 0 N–H and O–H groups in total. The number of hydrogen-bond acceptors (Lipinski definition) is 3. The standard InChI is InChI=1S/C23H29ClN2O2/c1-5-21(28-22-8-6-7-16(2)18(22)4)23(27)26-13-11-25(12-14-26)20-15-19(24)10-9-17(20)3/h6-10,15,21H,5,11-14H2,1-4H3/t21-/m1/s1. The average Bonchev–Trinajstić information content (AvgIpc) is 2.70. The van der Waals surface area contributed by atoms with Crippen LogP contribution in [0.1, 0.15) is 30.0 Å². The first-order chi connectivity index (χ1) is 13.4. The lowest BCUT2D eigenvalue weighted by Gasteiger charge is -2.38. The van der Waals surface area contributed by atoms with Crippen LogP contribution in [-0.4, -0.2) is 43.1 Å². The van der Waals surface area contributed by atoms with Crippen molar-refractivity contribution in [1.29, 1.82) is 0 Å². The van der Waals surface area contributed by atoms with Crippen LogP contribution in [0, 0.1) is 20.8 Å². The van der Waals surface area contributed by atoms with Crippen molar-refractivity contribution in [3.05, 3.63) is 58.1 Å². The number of carbonyl (C=O) groups excluding carboxylic acids is 1. The third kappa shape index (κ3) is 4.44. The molecule has 0 radical (unpaired) electrons. The van der Waals surface area contributed by atoms with Gasteiger partial charge in [0, 0.05) is 36.9 Å². The number of benzene rings is 2. The molecule has 2 aromatic rings. The smallest absolute Gasteiger partial charge is 0.263 e. The third-order valence-electron chi connectivity index (χ3n) is 5.57. The number of ether oxygens (including phenoxy) is 1. The van der Waals surface area contributed by atoms with E-state index >= 15 is 0 Å². The van der Waals surface area contributed by atoms with E-state index in [1.54, 1.807) is 0 Å². The Morgan fingerprint density at radius 3 is 2.46 bits per heavy atom. The normalized spacial score (nSPS) is 15.5. The Morgan fingerprint density at radius 1 is 1.07 bits per heavy atom. The molecule has 1 aliphatic rings. The Labute approximate surface area is 173 Å². The molecule has 1 aliphatic heterocycles. The van der Waals surface area contributed by atoms with Crippen LogP contribution >= 0.6 is 11.6 Å². The van der Waals surface area contributed by atoms with Crippen LogP contribution in [0.3, 0.4) is 0 Å². The second-order valence-electron chi connectivity index (χ2n) is 7.46. The monoisotopic (exact) mass is 400 g/mol. The molecular weight excluding hydrogens is 372 g/mol. The fraction of sp³-hybridized carbons (Fsp3) is 0.435. The van der Waals surface area contributed by atoms with E-state index in [1.165, 1.54) is 11.1 Å². The highest BCUT2D eigenvalue weighted by Crippen LogP contribution is 2.26. The molecule has 0 bridgehead atoms. The molecule has 3 rings (SSSR count). The van der Waals surface area contributed by atoms with E-state index in [0.717, 1.165) is 35.1 Å². The Kier molecular flexibility index (Phi) is 6.50. The zero-order valence-corrected chi connectivity index (χ0v) is 17.9. The fourth-order valence-electron chi connectivity index (χ4n) is 3.61. The van der Waals surface area contributed by atoms with Crippen LogP contribution in [0.15, 0.2) is 36.4 Å². The SMILES string of the molecule is CC[C@@H](Oc1cccc(C)c1C)C(=O)N1CCN(c2cc(Cl)ccc2C)CC1. The molecule has 1 heterocycles. The molecule has 28 heavy (non-hydrogen) atoms. The minimum absolute atomic E-state index is 0.0749. The minimum atomic E-state index is -0.444. The summed E-state index contributed by atoms with van der Waals surface area (Å²) in [4.78, 5) is 17.3. The topological polar surface area (TPSA) is 32.8 Å². The molecule has 4 nitrogen and oxygen atoms in total. The number of aryl methyl sites for hydroxylation is 2. The maximum absolute atomic E-state index is 13.1. The van der Waals surface area contributed by atoms with Crippen LogP contribution in [0.5, 0.6) is 5.75 Å². The first-order valence-corrected chi connectivity index (χ1v) is 10.3. The first-order valence-electron chi connectivity index (χ1n) is 9.93. The summed E-state index contributed by atoms with van der Waals surface area (Å²) >= 11 is 6.17. The van der Waals surface area contributed by atoms with Gasteiger partial charge < -0.3 is 14.5 Å². The Hall–Kier alpha value is -2.20. The summed E-state index contributed by atoms with van der Waals surface area (Å²) in [5.74, 6) is 0.874. The summed E-state index contributed by atoms with van der Waals surface area (Å²) in [5, 5.41) is 0.743. The summed E-state index contributed by atoms with van der Waals surface area (Å²) in [5.41, 5.74) is 4.62. The number of nitrogens with zero attached hydrogens (tertiary/aromatic N) is 2. The maximum atomic E-state index is 13.1. The minimum Gasteiger partial charge on any atom is -0.480 e. The number of rotatable bonds is 5. The predicted octanol–water partition coefficient (Wildman–Crippen LogP) is 4.77. The zero-order chi connectivity index (χ0) is 20.3. The van der Waals surface area contributed by atoms with Crippen molar-refractivity contribution in [1.82, 2.24) is 4.90 Å². The number of amides is 1. The third-order valence-corrected chi connectivity index (χ3v) is 5.81. The predicted molar refractivity (Wildman–Crippen MR) is 116 cm³/mol. The van der Waals surface area contributed by atoms with E-state index in [9.17, 15) is 4.79 Å². The lowest BCUT2D eigenvalue weighted by molar-refractivity contribution is -0.139. The van der Waals surface area contributed by atoms with Crippen LogP contribution in [-0.2, 0) is 4.79 Å². The quantitative estimate of drug-likeness (QED) is 0.724. The van der Waals surface area contributed by atoms with Crippen molar-refractivity contribution in [2.45, 2.75) is 40.2 Å². The maximum Gasteiger partial charge on any atom is 0.263 e. The lowest BCUT2D eigenvalue weighted by atomic mass is 10.1. The second kappa shape index (κ2) is 8.87. The van der Waals surface area contributed by atoms with Crippen LogP contribution in [0.2, 0.25) is 5.02 Å². The fourth-order valence-corrected chi connectivity index (χ4v) is 3.77. The molecule has 0 unspecified atom stereocenters. The van der Waals surface area contributed by atoms with E-state index in [1.807, 2.05) is 49.1 Å². The summed E-state index contributed by atoms with van der Waals surface area (Å²) in [6, 6.07) is 11.9. The highest BCUT2D eigenvalue weighted by atomic mass is 35.5. The summed E-state index contributed by atoms with van der Waals surface area (Å²) in [7, 11) is 0. The molecule has 0 spiro atoms. The van der Waals surface area contributed by atoms with Crippen molar-refractivity contribution >= 4 is 23.2 Å². The zero-order valence-electron chi connectivity index (χ0n) is 17.2. The first kappa shape index (κ1) is 20.5. The van der Waals surface area contributed by atoms with Gasteiger partial charge in [-0.3, -0.25) is 4.79 Å². The van der Waals surface area contributed by atoms with Gasteiger partial charge in [0.15, 0.2) is 6.10 Å². The lowest BCUT2D eigenvalue weighted by Crippen LogP contribution is -2.52. The van der Waals surface area contributed by atoms with Gasteiger partial charge in [0.1, 0.15) is 5.75 Å². The summed E-state index contributed by atoms with van der Waals surface area (Å²) in [6.45, 7) is 11.2. The van der Waals surface area contributed by atoms with Gasteiger partial charge in [-0.2, -0.15) is 0 Å². The Bertz CT molecular complexity index is 844. The van der Waals surface area contributed by atoms with E-state index in [-0.39, 0.29) is 5.91 Å². The van der Waals surface area contributed by atoms with Gasteiger partial charge in [-0.15, -0.1) is 0 Å². The number of halogens is 1. The van der Waals surface area contributed by atoms with Crippen molar-refractivity contribution in [2.75, 3.05) is 31.1 Å². The Morgan fingerprint density at radius 2 is 1.79 bits per heavy atom. The van der Waals surface area contributed by atoms with Gasteiger partial charge in [0.05, 0.1) is 0 Å². The summed E-state index contributed by atoms with van der Waals surface area (Å²) in [6.07, 6.45) is 0.208. The molecule has 1 saturated heterocycles. The Balaban J connectivity index is 1.65. The van der Waals surface area contributed by atoms with E-state index in [0.29, 0.717) is 19.5 Å². The van der Waals surface area contributed by atoms with Crippen LogP contribution in [0.4, 0.5) is 5.69 Å². The van der Waals surface area contributed by atoms with Gasteiger partial charge >= 0.3 is 0 Å². The molecule has 150 valence electrons. The molecule has 2 aromatic carbocycles. The van der Waals surface area contributed by atoms with Crippen LogP contribution < -0.4 is 9.64 Å². The number of anilines is 1. The highest BCUT2D eigenvalue weighted by Gasteiger charge is 2.28. The molecule has 1 atom stereocenters. The van der Waals surface area contributed by atoms with Gasteiger partial charge in [-0.25, -0.2) is 0 Å². The van der Waals surface area contributed by atoms with E-state index < -0.39 is 6.10 Å². The van der Waals surface area contributed by atoms with Gasteiger partial charge in [0.2, 0.25) is 0 Å². The van der Waals surface area contributed by atoms with Gasteiger partial charge in [-0.1, -0.05) is 36.7 Å². The van der Waals surface area contributed by atoms with Crippen LogP contribution in [0.25, 0.3) is 0 Å². The molecular formula is C23H29ClN2O2.